The lowest BCUT2D eigenvalue weighted by Crippen LogP contribution is -2.59. The van der Waals surface area contributed by atoms with Crippen LogP contribution in [-0.2, 0) is 9.59 Å². The van der Waals surface area contributed by atoms with E-state index >= 15 is 0 Å². The Morgan fingerprint density at radius 2 is 1.71 bits per heavy atom. The topological polar surface area (TPSA) is 102 Å². The monoisotopic (exact) mass is 419 g/mol. The maximum atomic E-state index is 12.7. The van der Waals surface area contributed by atoms with E-state index in [-0.39, 0.29) is 5.71 Å². The molecular weight excluding hydrogens is 390 g/mol. The third kappa shape index (κ3) is 4.48. The summed E-state index contributed by atoms with van der Waals surface area (Å²) in [5.41, 5.74) is 2.25. The van der Waals surface area contributed by atoms with E-state index < -0.39 is 17.4 Å². The molecule has 6 heteroatoms. The SMILES string of the molecule is N=C1C=C(C(=O)NC2(C(=O)O)CCC2)C=C/C1=C(/Nc1ccccc1)C1CCCCC1. The van der Waals surface area contributed by atoms with E-state index in [0.717, 1.165) is 36.2 Å². The summed E-state index contributed by atoms with van der Waals surface area (Å²) >= 11 is 0. The van der Waals surface area contributed by atoms with Gasteiger partial charge in [0.25, 0.3) is 5.91 Å². The highest BCUT2D eigenvalue weighted by molar-refractivity contribution is 6.16. The summed E-state index contributed by atoms with van der Waals surface area (Å²) in [6, 6.07) is 9.96. The highest BCUT2D eigenvalue weighted by atomic mass is 16.4. The number of amides is 1. The van der Waals surface area contributed by atoms with Crippen LogP contribution in [0.1, 0.15) is 51.4 Å². The van der Waals surface area contributed by atoms with Gasteiger partial charge in [0.05, 0.1) is 5.71 Å². The predicted octanol–water partition coefficient (Wildman–Crippen LogP) is 4.57. The van der Waals surface area contributed by atoms with Crippen LogP contribution in [0.25, 0.3) is 0 Å². The Bertz CT molecular complexity index is 965. The molecule has 0 radical (unpaired) electrons. The average Bonchev–Trinajstić information content (AvgIpc) is 2.75. The van der Waals surface area contributed by atoms with Gasteiger partial charge < -0.3 is 21.1 Å². The molecule has 0 spiro atoms. The molecule has 0 aliphatic heterocycles. The van der Waals surface area contributed by atoms with Crippen molar-refractivity contribution in [3.05, 3.63) is 65.4 Å². The maximum Gasteiger partial charge on any atom is 0.329 e. The number of carbonyl (C=O) groups excluding carboxylic acids is 1. The number of allylic oxidation sites excluding steroid dienone is 4. The first-order valence-corrected chi connectivity index (χ1v) is 11.1. The van der Waals surface area contributed by atoms with Crippen LogP contribution in [0, 0.1) is 11.3 Å². The average molecular weight is 420 g/mol. The zero-order valence-corrected chi connectivity index (χ0v) is 17.6. The fraction of sp³-hybridized carbons (Fsp3) is 0.400. The van der Waals surface area contributed by atoms with Crippen molar-refractivity contribution >= 4 is 23.3 Å². The van der Waals surface area contributed by atoms with Gasteiger partial charge in [-0.2, -0.15) is 0 Å². The van der Waals surface area contributed by atoms with Gasteiger partial charge in [-0.05, 0) is 62.3 Å². The standard InChI is InChI=1S/C25H29N3O3/c26-21-16-18(23(29)28-25(24(30)31)14-7-15-25)12-13-20(21)22(17-8-3-1-4-9-17)27-19-10-5-2-6-11-19/h2,5-6,10-13,16-17,26-27H,1,3-4,7-9,14-15H2,(H,28,29)(H,30,31)/b22-20-,26-21?. The summed E-state index contributed by atoms with van der Waals surface area (Å²) in [7, 11) is 0. The van der Waals surface area contributed by atoms with Gasteiger partial charge in [-0.3, -0.25) is 4.79 Å². The summed E-state index contributed by atoms with van der Waals surface area (Å²) < 4.78 is 0. The summed E-state index contributed by atoms with van der Waals surface area (Å²) in [6.07, 6.45) is 12.5. The second-order valence-electron chi connectivity index (χ2n) is 8.69. The van der Waals surface area contributed by atoms with E-state index in [1.807, 2.05) is 36.4 Å². The van der Waals surface area contributed by atoms with Gasteiger partial charge in [0, 0.05) is 22.5 Å². The highest BCUT2D eigenvalue weighted by Gasteiger charge is 2.46. The molecule has 0 bridgehead atoms. The minimum atomic E-state index is -1.16. The van der Waals surface area contributed by atoms with Crippen molar-refractivity contribution < 1.29 is 14.7 Å². The molecule has 1 aromatic carbocycles. The number of carbonyl (C=O) groups is 2. The molecule has 162 valence electrons. The normalized spacial score (nSPS) is 22.2. The van der Waals surface area contributed by atoms with Crippen molar-refractivity contribution in [1.82, 2.24) is 5.32 Å². The Hall–Kier alpha value is -3.15. The lowest BCUT2D eigenvalue weighted by atomic mass is 9.76. The fourth-order valence-electron chi connectivity index (χ4n) is 4.59. The Morgan fingerprint density at radius 1 is 1.00 bits per heavy atom. The number of aliphatic carboxylic acids is 1. The summed E-state index contributed by atoms with van der Waals surface area (Å²) in [4.78, 5) is 24.3. The largest absolute Gasteiger partial charge is 0.480 e. The molecule has 3 aliphatic carbocycles. The lowest BCUT2D eigenvalue weighted by Gasteiger charge is -2.38. The molecule has 4 N–H and O–H groups in total. The molecular formula is C25H29N3O3. The Kier molecular flexibility index (Phi) is 6.07. The molecule has 0 unspecified atom stereocenters. The van der Waals surface area contributed by atoms with Gasteiger partial charge in [-0.25, -0.2) is 4.79 Å². The number of carboxylic acid groups (broad SMARTS) is 1. The highest BCUT2D eigenvalue weighted by Crippen LogP contribution is 2.35. The molecule has 2 fully saturated rings. The molecule has 31 heavy (non-hydrogen) atoms. The predicted molar refractivity (Wildman–Crippen MR) is 121 cm³/mol. The first-order valence-electron chi connectivity index (χ1n) is 11.1. The smallest absolute Gasteiger partial charge is 0.329 e. The van der Waals surface area contributed by atoms with Crippen LogP contribution in [0.5, 0.6) is 0 Å². The maximum absolute atomic E-state index is 12.7. The fourth-order valence-corrected chi connectivity index (χ4v) is 4.59. The molecule has 3 aliphatic rings. The first-order chi connectivity index (χ1) is 15.0. The number of hydrogen-bond donors (Lipinski definition) is 4. The van der Waals surface area contributed by atoms with Crippen molar-refractivity contribution in [2.24, 2.45) is 5.92 Å². The number of para-hydroxylation sites is 1. The van der Waals surface area contributed by atoms with Crippen molar-refractivity contribution in [3.63, 3.8) is 0 Å². The van der Waals surface area contributed by atoms with Crippen LogP contribution in [0.15, 0.2) is 65.4 Å². The number of hydrogen-bond acceptors (Lipinski definition) is 4. The van der Waals surface area contributed by atoms with Crippen molar-refractivity contribution in [3.8, 4) is 0 Å². The Morgan fingerprint density at radius 3 is 2.29 bits per heavy atom. The van der Waals surface area contributed by atoms with Crippen LogP contribution in [0.2, 0.25) is 0 Å². The number of nitrogens with one attached hydrogen (secondary N) is 3. The van der Waals surface area contributed by atoms with Gasteiger partial charge in [0.1, 0.15) is 5.54 Å². The van der Waals surface area contributed by atoms with Crippen LogP contribution in [-0.4, -0.2) is 28.2 Å². The second kappa shape index (κ2) is 8.92. The molecule has 6 nitrogen and oxygen atoms in total. The number of rotatable bonds is 6. The lowest BCUT2D eigenvalue weighted by molar-refractivity contribution is -0.151. The van der Waals surface area contributed by atoms with Gasteiger partial charge in [-0.1, -0.05) is 43.5 Å². The summed E-state index contributed by atoms with van der Waals surface area (Å²) in [6.45, 7) is 0. The first kappa shape index (κ1) is 21.1. The molecule has 0 atom stereocenters. The molecule has 0 saturated heterocycles. The summed E-state index contributed by atoms with van der Waals surface area (Å²) in [5.74, 6) is -1.07. The van der Waals surface area contributed by atoms with E-state index in [1.54, 1.807) is 12.2 Å². The van der Waals surface area contributed by atoms with Gasteiger partial charge in [0.2, 0.25) is 0 Å². The van der Waals surface area contributed by atoms with Gasteiger partial charge >= 0.3 is 5.97 Å². The van der Waals surface area contributed by atoms with E-state index in [4.69, 9.17) is 5.41 Å². The zero-order valence-electron chi connectivity index (χ0n) is 17.6. The van der Waals surface area contributed by atoms with E-state index in [0.29, 0.717) is 24.3 Å². The van der Waals surface area contributed by atoms with Crippen molar-refractivity contribution in [2.45, 2.75) is 56.9 Å². The second-order valence-corrected chi connectivity index (χ2v) is 8.69. The van der Waals surface area contributed by atoms with Crippen LogP contribution in [0.3, 0.4) is 0 Å². The van der Waals surface area contributed by atoms with Crippen LogP contribution in [0.4, 0.5) is 5.69 Å². The number of anilines is 1. The number of benzene rings is 1. The minimum Gasteiger partial charge on any atom is -0.480 e. The van der Waals surface area contributed by atoms with Gasteiger partial charge in [0.15, 0.2) is 0 Å². The minimum absolute atomic E-state index is 0.273. The third-order valence-corrected chi connectivity index (χ3v) is 6.61. The quantitative estimate of drug-likeness (QED) is 0.542. The summed E-state index contributed by atoms with van der Waals surface area (Å²) in [5, 5.41) is 24.3. The Labute approximate surface area is 182 Å². The molecule has 2 saturated carbocycles. The van der Waals surface area contributed by atoms with E-state index in [9.17, 15) is 14.7 Å². The van der Waals surface area contributed by atoms with Gasteiger partial charge in [-0.15, -0.1) is 0 Å². The van der Waals surface area contributed by atoms with E-state index in [1.165, 1.54) is 19.3 Å². The Balaban J connectivity index is 1.58. The zero-order chi connectivity index (χ0) is 21.8. The van der Waals surface area contributed by atoms with Crippen molar-refractivity contribution in [1.29, 1.82) is 5.41 Å². The number of carboxylic acids is 1. The molecule has 1 aromatic rings. The third-order valence-electron chi connectivity index (χ3n) is 6.61. The van der Waals surface area contributed by atoms with E-state index in [2.05, 4.69) is 10.6 Å². The molecule has 0 aromatic heterocycles. The van der Waals surface area contributed by atoms with Crippen LogP contribution < -0.4 is 10.6 Å². The van der Waals surface area contributed by atoms with Crippen molar-refractivity contribution in [2.75, 3.05) is 5.32 Å². The molecule has 0 heterocycles. The molecule has 1 amide bonds. The molecule has 4 rings (SSSR count). The van der Waals surface area contributed by atoms with Crippen LogP contribution >= 0.6 is 0 Å².